The summed E-state index contributed by atoms with van der Waals surface area (Å²) in [5.74, 6) is 0.0472. The molecule has 1 saturated heterocycles. The fraction of sp³-hybridized carbons (Fsp3) is 0.467. The maximum absolute atomic E-state index is 12.7. The van der Waals surface area contributed by atoms with Crippen LogP contribution in [-0.4, -0.2) is 43.1 Å². The highest BCUT2D eigenvalue weighted by Crippen LogP contribution is 2.21. The molecule has 3 rings (SSSR count). The Labute approximate surface area is 129 Å². The Morgan fingerprint density at radius 3 is 2.91 bits per heavy atom. The number of carbonyl (C=O) groups is 1. The molecule has 0 aliphatic carbocycles. The molecule has 22 heavy (non-hydrogen) atoms. The van der Waals surface area contributed by atoms with Crippen molar-refractivity contribution in [2.24, 2.45) is 0 Å². The highest BCUT2D eigenvalue weighted by molar-refractivity contribution is 5.96. The zero-order valence-electron chi connectivity index (χ0n) is 12.6. The fourth-order valence-electron chi connectivity index (χ4n) is 2.89. The van der Waals surface area contributed by atoms with Gasteiger partial charge in [-0.1, -0.05) is 0 Å². The number of hydrogen-bond donors (Lipinski definition) is 1. The number of nitrogens with zero attached hydrogens (tertiary/aromatic N) is 5. The van der Waals surface area contributed by atoms with Crippen molar-refractivity contribution in [3.8, 4) is 0 Å². The van der Waals surface area contributed by atoms with E-state index in [9.17, 15) is 4.79 Å². The monoisotopic (exact) mass is 300 g/mol. The normalized spacial score (nSPS) is 18.4. The van der Waals surface area contributed by atoms with E-state index in [2.05, 4.69) is 15.1 Å². The highest BCUT2D eigenvalue weighted by atomic mass is 16.2. The summed E-state index contributed by atoms with van der Waals surface area (Å²) < 4.78 is 1.89. The van der Waals surface area contributed by atoms with E-state index >= 15 is 0 Å². The number of carbonyl (C=O) groups excluding carboxylic acids is 1. The predicted octanol–water partition coefficient (Wildman–Crippen LogP) is 1.26. The summed E-state index contributed by atoms with van der Waals surface area (Å²) in [6, 6.07) is 0.113. The molecule has 2 N–H and O–H groups in total. The van der Waals surface area contributed by atoms with Gasteiger partial charge in [-0.3, -0.25) is 9.48 Å². The summed E-state index contributed by atoms with van der Waals surface area (Å²) in [6.07, 6.45) is 9.89. The Hall–Kier alpha value is -2.44. The quantitative estimate of drug-likeness (QED) is 0.921. The SMILES string of the molecule is Cc1cnn(C[C@@H]2CCCCN2C(=O)c2nccnc2N)c1. The molecular formula is C15H20N6O. The number of aryl methyl sites for hydroxylation is 1. The number of piperidine rings is 1. The largest absolute Gasteiger partial charge is 0.382 e. The third-order valence-electron chi connectivity index (χ3n) is 3.98. The van der Waals surface area contributed by atoms with Crippen molar-refractivity contribution < 1.29 is 4.79 Å². The molecule has 0 radical (unpaired) electrons. The van der Waals surface area contributed by atoms with Crippen LogP contribution in [-0.2, 0) is 6.54 Å². The topological polar surface area (TPSA) is 89.9 Å². The zero-order chi connectivity index (χ0) is 15.5. The van der Waals surface area contributed by atoms with Gasteiger partial charge in [0, 0.05) is 25.1 Å². The Balaban J connectivity index is 1.80. The second kappa shape index (κ2) is 6.13. The van der Waals surface area contributed by atoms with Crippen molar-refractivity contribution >= 4 is 11.7 Å². The Bertz CT molecular complexity index is 668. The van der Waals surface area contributed by atoms with Gasteiger partial charge in [-0.2, -0.15) is 5.10 Å². The van der Waals surface area contributed by atoms with Crippen molar-refractivity contribution in [1.29, 1.82) is 0 Å². The summed E-state index contributed by atoms with van der Waals surface area (Å²) in [5, 5.41) is 4.32. The molecule has 0 spiro atoms. The van der Waals surface area contributed by atoms with E-state index in [1.807, 2.05) is 28.9 Å². The molecule has 7 heteroatoms. The molecule has 0 aromatic carbocycles. The fourth-order valence-corrected chi connectivity index (χ4v) is 2.89. The molecule has 0 bridgehead atoms. The van der Waals surface area contributed by atoms with Gasteiger partial charge in [-0.15, -0.1) is 0 Å². The number of rotatable bonds is 3. The van der Waals surface area contributed by atoms with E-state index in [-0.39, 0.29) is 23.5 Å². The Morgan fingerprint density at radius 2 is 2.18 bits per heavy atom. The summed E-state index contributed by atoms with van der Waals surface area (Å²) >= 11 is 0. The second-order valence-corrected chi connectivity index (χ2v) is 5.68. The van der Waals surface area contributed by atoms with Crippen LogP contribution in [0.5, 0.6) is 0 Å². The number of hydrogen-bond acceptors (Lipinski definition) is 5. The molecule has 1 fully saturated rings. The smallest absolute Gasteiger partial charge is 0.276 e. The summed E-state index contributed by atoms with van der Waals surface area (Å²) in [6.45, 7) is 3.42. The Morgan fingerprint density at radius 1 is 1.36 bits per heavy atom. The number of nitrogen functional groups attached to an aromatic ring is 1. The first-order valence-electron chi connectivity index (χ1n) is 7.51. The van der Waals surface area contributed by atoms with Crippen molar-refractivity contribution in [1.82, 2.24) is 24.6 Å². The van der Waals surface area contributed by atoms with Gasteiger partial charge < -0.3 is 10.6 Å². The molecular weight excluding hydrogens is 280 g/mol. The van der Waals surface area contributed by atoms with Crippen molar-refractivity contribution in [3.63, 3.8) is 0 Å². The van der Waals surface area contributed by atoms with Crippen LogP contribution >= 0.6 is 0 Å². The number of amides is 1. The van der Waals surface area contributed by atoms with Crippen molar-refractivity contribution in [2.75, 3.05) is 12.3 Å². The van der Waals surface area contributed by atoms with Crippen LogP contribution in [0.3, 0.4) is 0 Å². The minimum atomic E-state index is -0.140. The minimum absolute atomic E-state index is 0.113. The highest BCUT2D eigenvalue weighted by Gasteiger charge is 2.29. The van der Waals surface area contributed by atoms with Gasteiger partial charge in [0.25, 0.3) is 5.91 Å². The lowest BCUT2D eigenvalue weighted by Gasteiger charge is -2.35. The lowest BCUT2D eigenvalue weighted by molar-refractivity contribution is 0.0578. The van der Waals surface area contributed by atoms with E-state index in [4.69, 9.17) is 5.73 Å². The van der Waals surface area contributed by atoms with Gasteiger partial charge >= 0.3 is 0 Å². The molecule has 116 valence electrons. The third-order valence-corrected chi connectivity index (χ3v) is 3.98. The van der Waals surface area contributed by atoms with Gasteiger partial charge in [0.15, 0.2) is 11.5 Å². The van der Waals surface area contributed by atoms with Crippen LogP contribution in [0.15, 0.2) is 24.8 Å². The maximum atomic E-state index is 12.7. The molecule has 1 aliphatic heterocycles. The lowest BCUT2D eigenvalue weighted by atomic mass is 10.0. The van der Waals surface area contributed by atoms with Crippen LogP contribution in [0.25, 0.3) is 0 Å². The number of nitrogens with two attached hydrogens (primary N) is 1. The molecule has 2 aromatic heterocycles. The average molecular weight is 300 g/mol. The first-order valence-corrected chi connectivity index (χ1v) is 7.51. The van der Waals surface area contributed by atoms with Crippen LogP contribution < -0.4 is 5.73 Å². The molecule has 1 amide bonds. The van der Waals surface area contributed by atoms with Gasteiger partial charge in [0.05, 0.1) is 18.8 Å². The number of aromatic nitrogens is 4. The molecule has 2 aromatic rings. The summed E-state index contributed by atoms with van der Waals surface area (Å²) in [7, 11) is 0. The molecule has 0 unspecified atom stereocenters. The minimum Gasteiger partial charge on any atom is -0.382 e. The van der Waals surface area contributed by atoms with Crippen LogP contribution in [0.1, 0.15) is 35.3 Å². The average Bonchev–Trinajstić information content (AvgIpc) is 2.93. The van der Waals surface area contributed by atoms with Crippen molar-refractivity contribution in [3.05, 3.63) is 36.0 Å². The van der Waals surface area contributed by atoms with E-state index in [0.717, 1.165) is 31.4 Å². The molecule has 1 aliphatic rings. The standard InChI is InChI=1S/C15H20N6O/c1-11-8-19-20(9-11)10-12-4-2-3-7-21(12)15(22)13-14(16)18-6-5-17-13/h5-6,8-9,12H,2-4,7,10H2,1H3,(H2,16,18)/t12-/m0/s1. The first kappa shape index (κ1) is 14.5. The van der Waals surface area contributed by atoms with Crippen LogP contribution in [0.2, 0.25) is 0 Å². The summed E-state index contributed by atoms with van der Waals surface area (Å²) in [4.78, 5) is 22.7. The van der Waals surface area contributed by atoms with E-state index in [1.165, 1.54) is 12.4 Å². The molecule has 0 saturated carbocycles. The zero-order valence-corrected chi connectivity index (χ0v) is 12.6. The first-order chi connectivity index (χ1) is 10.6. The molecule has 3 heterocycles. The van der Waals surface area contributed by atoms with Crippen LogP contribution in [0, 0.1) is 6.92 Å². The van der Waals surface area contributed by atoms with E-state index in [0.29, 0.717) is 6.54 Å². The second-order valence-electron chi connectivity index (χ2n) is 5.68. The van der Waals surface area contributed by atoms with Gasteiger partial charge in [0.2, 0.25) is 0 Å². The van der Waals surface area contributed by atoms with Crippen molar-refractivity contribution in [2.45, 2.75) is 38.8 Å². The maximum Gasteiger partial charge on any atom is 0.276 e. The van der Waals surface area contributed by atoms with E-state index < -0.39 is 0 Å². The predicted molar refractivity (Wildman–Crippen MR) is 82.1 cm³/mol. The van der Waals surface area contributed by atoms with Gasteiger partial charge in [0.1, 0.15) is 0 Å². The number of anilines is 1. The van der Waals surface area contributed by atoms with Gasteiger partial charge in [-0.25, -0.2) is 9.97 Å². The van der Waals surface area contributed by atoms with Gasteiger partial charge in [-0.05, 0) is 31.7 Å². The Kier molecular flexibility index (Phi) is 4.04. The third kappa shape index (κ3) is 2.93. The molecule has 7 nitrogen and oxygen atoms in total. The van der Waals surface area contributed by atoms with E-state index in [1.54, 1.807) is 0 Å². The summed E-state index contributed by atoms with van der Waals surface area (Å²) in [5.41, 5.74) is 7.15. The van der Waals surface area contributed by atoms with Crippen LogP contribution in [0.4, 0.5) is 5.82 Å². The molecule has 1 atom stereocenters. The lowest BCUT2D eigenvalue weighted by Crippen LogP contribution is -2.46. The number of likely N-dealkylation sites (tertiary alicyclic amines) is 1.